The maximum atomic E-state index is 12.2. The molecule has 0 aromatic heterocycles. The van der Waals surface area contributed by atoms with E-state index in [-0.39, 0.29) is 28.2 Å². The Morgan fingerprint density at radius 2 is 1.82 bits per heavy atom. The van der Waals surface area contributed by atoms with E-state index in [4.69, 9.17) is 32.7 Å². The molecule has 1 aliphatic rings. The van der Waals surface area contributed by atoms with E-state index in [1.807, 2.05) is 6.92 Å². The van der Waals surface area contributed by atoms with Crippen molar-refractivity contribution >= 4 is 52.8 Å². The van der Waals surface area contributed by atoms with Gasteiger partial charge in [-0.3, -0.25) is 14.4 Å². The second kappa shape index (κ2) is 12.2. The second-order valence-corrected chi connectivity index (χ2v) is 8.06. The molecular weight excluding hydrogens is 483 g/mol. The minimum Gasteiger partial charge on any atom is -0.490 e. The molecule has 2 N–H and O–H groups in total. The molecule has 3 rings (SSSR count). The number of likely N-dealkylation sites (tertiary alicyclic amines) is 1. The Hall–Kier alpha value is -3.30. The Morgan fingerprint density at radius 1 is 1.06 bits per heavy atom. The summed E-state index contributed by atoms with van der Waals surface area (Å²) in [6.45, 7) is 3.65. The summed E-state index contributed by atoms with van der Waals surface area (Å²) in [5.41, 5.74) is 2.93. The molecule has 0 saturated carbocycles. The number of amides is 3. The van der Waals surface area contributed by atoms with Crippen LogP contribution in [-0.2, 0) is 14.4 Å². The van der Waals surface area contributed by atoms with Crippen molar-refractivity contribution in [3.8, 4) is 11.5 Å². The smallest absolute Gasteiger partial charge is 0.329 e. The van der Waals surface area contributed by atoms with Gasteiger partial charge in [-0.15, -0.1) is 0 Å². The lowest BCUT2D eigenvalue weighted by atomic mass is 10.2. The van der Waals surface area contributed by atoms with E-state index in [0.29, 0.717) is 23.7 Å². The first-order valence-electron chi connectivity index (χ1n) is 10.6. The lowest BCUT2D eigenvalue weighted by Gasteiger charge is -2.17. The SMILES string of the molecule is CCOc1cc(/C=N\NC(=O)C(=O)Nc2cccc(Cl)c2Cl)ccc1OCC(=O)N1CCCC1. The van der Waals surface area contributed by atoms with Gasteiger partial charge in [-0.2, -0.15) is 5.10 Å². The highest BCUT2D eigenvalue weighted by Crippen LogP contribution is 2.30. The van der Waals surface area contributed by atoms with Gasteiger partial charge in [-0.1, -0.05) is 29.3 Å². The quantitative estimate of drug-likeness (QED) is 0.323. The minimum atomic E-state index is -0.988. The average molecular weight is 507 g/mol. The maximum absolute atomic E-state index is 12.2. The molecule has 1 fully saturated rings. The topological polar surface area (TPSA) is 109 Å². The van der Waals surface area contributed by atoms with E-state index >= 15 is 0 Å². The average Bonchev–Trinajstić information content (AvgIpc) is 3.36. The zero-order chi connectivity index (χ0) is 24.5. The molecule has 0 aliphatic carbocycles. The zero-order valence-electron chi connectivity index (χ0n) is 18.5. The van der Waals surface area contributed by atoms with Crippen LogP contribution in [0.3, 0.4) is 0 Å². The van der Waals surface area contributed by atoms with Crippen LogP contribution in [0.15, 0.2) is 41.5 Å². The van der Waals surface area contributed by atoms with E-state index < -0.39 is 11.8 Å². The number of halogens is 2. The highest BCUT2D eigenvalue weighted by atomic mass is 35.5. The van der Waals surface area contributed by atoms with Gasteiger partial charge in [0.05, 0.1) is 28.6 Å². The van der Waals surface area contributed by atoms with Crippen molar-refractivity contribution in [3.63, 3.8) is 0 Å². The molecule has 0 bridgehead atoms. The molecule has 1 saturated heterocycles. The molecule has 1 aliphatic heterocycles. The second-order valence-electron chi connectivity index (χ2n) is 7.27. The Kier molecular flexibility index (Phi) is 9.12. The lowest BCUT2D eigenvalue weighted by molar-refractivity contribution is -0.136. The fourth-order valence-corrected chi connectivity index (χ4v) is 3.53. The van der Waals surface area contributed by atoms with Gasteiger partial charge in [0.1, 0.15) is 0 Å². The predicted molar refractivity (Wildman–Crippen MR) is 130 cm³/mol. The summed E-state index contributed by atoms with van der Waals surface area (Å²) >= 11 is 11.9. The number of ether oxygens (including phenoxy) is 2. The molecule has 34 heavy (non-hydrogen) atoms. The van der Waals surface area contributed by atoms with E-state index in [2.05, 4.69) is 15.8 Å². The molecule has 1 heterocycles. The Balaban J connectivity index is 1.57. The number of anilines is 1. The Bertz CT molecular complexity index is 1090. The summed E-state index contributed by atoms with van der Waals surface area (Å²) in [6.07, 6.45) is 3.37. The standard InChI is InChI=1S/C23H24Cl2N4O5/c1-2-33-19-12-15(8-9-18(19)34-14-20(30)29-10-3-4-11-29)13-26-28-23(32)22(31)27-17-7-5-6-16(24)21(17)25/h5-9,12-13H,2-4,10-11,14H2,1H3,(H,27,31)(H,28,32)/b26-13-. The maximum Gasteiger partial charge on any atom is 0.329 e. The number of carbonyl (C=O) groups is 3. The highest BCUT2D eigenvalue weighted by molar-refractivity contribution is 6.45. The normalized spacial score (nSPS) is 13.1. The Labute approximate surface area is 207 Å². The van der Waals surface area contributed by atoms with Crippen LogP contribution in [0.4, 0.5) is 5.69 Å². The summed E-state index contributed by atoms with van der Waals surface area (Å²) < 4.78 is 11.3. The molecule has 9 nitrogen and oxygen atoms in total. The third kappa shape index (κ3) is 6.85. The van der Waals surface area contributed by atoms with Gasteiger partial charge in [0, 0.05) is 13.1 Å². The van der Waals surface area contributed by atoms with Crippen LogP contribution < -0.4 is 20.2 Å². The molecule has 0 spiro atoms. The lowest BCUT2D eigenvalue weighted by Crippen LogP contribution is -2.32. The first kappa shape index (κ1) is 25.3. The first-order chi connectivity index (χ1) is 16.4. The molecule has 2 aromatic rings. The van der Waals surface area contributed by atoms with Crippen LogP contribution in [0.25, 0.3) is 0 Å². The Morgan fingerprint density at radius 3 is 2.56 bits per heavy atom. The van der Waals surface area contributed by atoms with E-state index in [9.17, 15) is 14.4 Å². The van der Waals surface area contributed by atoms with Gasteiger partial charge in [0.25, 0.3) is 5.91 Å². The molecule has 3 amide bonds. The summed E-state index contributed by atoms with van der Waals surface area (Å²) in [7, 11) is 0. The number of hydrazone groups is 1. The van der Waals surface area contributed by atoms with Gasteiger partial charge >= 0.3 is 11.8 Å². The third-order valence-corrected chi connectivity index (χ3v) is 5.68. The van der Waals surface area contributed by atoms with Crippen molar-refractivity contribution < 1.29 is 23.9 Å². The molecule has 11 heteroatoms. The van der Waals surface area contributed by atoms with Crippen LogP contribution in [0.1, 0.15) is 25.3 Å². The van der Waals surface area contributed by atoms with E-state index in [1.54, 1.807) is 35.2 Å². The van der Waals surface area contributed by atoms with Gasteiger partial charge in [-0.25, -0.2) is 5.43 Å². The van der Waals surface area contributed by atoms with E-state index in [1.165, 1.54) is 12.3 Å². The van der Waals surface area contributed by atoms with Crippen molar-refractivity contribution in [1.29, 1.82) is 0 Å². The van der Waals surface area contributed by atoms with Gasteiger partial charge in [-0.05, 0) is 55.7 Å². The molecule has 0 radical (unpaired) electrons. The number of benzene rings is 2. The third-order valence-electron chi connectivity index (χ3n) is 4.86. The van der Waals surface area contributed by atoms with Crippen molar-refractivity contribution in [2.45, 2.75) is 19.8 Å². The van der Waals surface area contributed by atoms with Crippen LogP contribution in [0.2, 0.25) is 10.0 Å². The first-order valence-corrected chi connectivity index (χ1v) is 11.4. The fraction of sp³-hybridized carbons (Fsp3) is 0.304. The molecular formula is C23H24Cl2N4O5. The van der Waals surface area contributed by atoms with Crippen LogP contribution >= 0.6 is 23.2 Å². The number of hydrogen-bond donors (Lipinski definition) is 2. The van der Waals surface area contributed by atoms with Crippen molar-refractivity contribution in [2.24, 2.45) is 5.10 Å². The molecule has 2 aromatic carbocycles. The summed E-state index contributed by atoms with van der Waals surface area (Å²) in [4.78, 5) is 38.1. The van der Waals surface area contributed by atoms with Gasteiger partial charge < -0.3 is 19.7 Å². The van der Waals surface area contributed by atoms with Crippen LogP contribution in [0.5, 0.6) is 11.5 Å². The van der Waals surface area contributed by atoms with Crippen molar-refractivity contribution in [2.75, 3.05) is 31.6 Å². The molecule has 180 valence electrons. The number of rotatable bonds is 8. The van der Waals surface area contributed by atoms with Crippen molar-refractivity contribution in [1.82, 2.24) is 10.3 Å². The number of carbonyl (C=O) groups excluding carboxylic acids is 3. The summed E-state index contributed by atoms with van der Waals surface area (Å²) in [5.74, 6) is -1.15. The van der Waals surface area contributed by atoms with Gasteiger partial charge in [0.15, 0.2) is 18.1 Å². The molecule has 0 atom stereocenters. The largest absolute Gasteiger partial charge is 0.490 e. The number of nitrogens with one attached hydrogen (secondary N) is 2. The number of hydrogen-bond acceptors (Lipinski definition) is 6. The van der Waals surface area contributed by atoms with Gasteiger partial charge in [0.2, 0.25) is 0 Å². The fourth-order valence-electron chi connectivity index (χ4n) is 3.19. The molecule has 0 unspecified atom stereocenters. The summed E-state index contributed by atoms with van der Waals surface area (Å²) in [6, 6.07) is 9.65. The highest BCUT2D eigenvalue weighted by Gasteiger charge is 2.19. The minimum absolute atomic E-state index is 0.0642. The van der Waals surface area contributed by atoms with Crippen molar-refractivity contribution in [3.05, 3.63) is 52.0 Å². The summed E-state index contributed by atoms with van der Waals surface area (Å²) in [5, 5.41) is 6.54. The van der Waals surface area contributed by atoms with Crippen LogP contribution in [-0.4, -0.2) is 55.1 Å². The van der Waals surface area contributed by atoms with E-state index in [0.717, 1.165) is 25.9 Å². The predicted octanol–water partition coefficient (Wildman–Crippen LogP) is 3.48. The van der Waals surface area contributed by atoms with Crippen LogP contribution in [0, 0.1) is 0 Å². The monoisotopic (exact) mass is 506 g/mol. The number of nitrogens with zero attached hydrogens (tertiary/aromatic N) is 2. The zero-order valence-corrected chi connectivity index (χ0v) is 20.0.